The van der Waals surface area contributed by atoms with E-state index >= 15 is 0 Å². The molecule has 1 aliphatic heterocycles. The minimum absolute atomic E-state index is 0.406. The summed E-state index contributed by atoms with van der Waals surface area (Å²) in [7, 11) is 5.45. The molecule has 124 valence electrons. The van der Waals surface area contributed by atoms with Crippen LogP contribution in [0.1, 0.15) is 27.7 Å². The zero-order valence-corrected chi connectivity index (χ0v) is 14.4. The molecule has 0 aromatic heterocycles. The standard InChI is InChI=1S/C6H13NO2.C6H15NO.C2H7N/c1-6-5-9-4-3-7(6)8-2;1-4-7(5-2)8-6-3;1-3-2/h6H,3-5H2,1-2H3;4-6H2,1-3H3;3H,1-2H3. The monoisotopic (exact) mass is 293 g/mol. The van der Waals surface area contributed by atoms with Crippen LogP contribution in [0.4, 0.5) is 0 Å². The van der Waals surface area contributed by atoms with Gasteiger partial charge >= 0.3 is 0 Å². The highest BCUT2D eigenvalue weighted by atomic mass is 16.7. The Balaban J connectivity index is 0. The Labute approximate surface area is 125 Å². The van der Waals surface area contributed by atoms with Crippen molar-refractivity contribution >= 4 is 0 Å². The minimum atomic E-state index is 0.406. The topological polar surface area (TPSA) is 46.2 Å². The summed E-state index contributed by atoms with van der Waals surface area (Å²) in [5.41, 5.74) is 0. The van der Waals surface area contributed by atoms with Gasteiger partial charge in [-0.2, -0.15) is 10.1 Å². The maximum atomic E-state index is 5.19. The molecule has 1 saturated heterocycles. The first-order valence-corrected chi connectivity index (χ1v) is 7.45. The molecule has 0 aromatic carbocycles. The van der Waals surface area contributed by atoms with Gasteiger partial charge < -0.3 is 14.9 Å². The van der Waals surface area contributed by atoms with Crippen LogP contribution in [0, 0.1) is 0 Å². The van der Waals surface area contributed by atoms with Crippen LogP contribution in [0.25, 0.3) is 0 Å². The molecular formula is C14H35N3O3. The predicted molar refractivity (Wildman–Crippen MR) is 83.5 cm³/mol. The molecule has 1 unspecified atom stereocenters. The molecule has 0 aromatic rings. The summed E-state index contributed by atoms with van der Waals surface area (Å²) in [6.45, 7) is 13.4. The van der Waals surface area contributed by atoms with E-state index in [9.17, 15) is 0 Å². The minimum Gasteiger partial charge on any atom is -0.378 e. The fraction of sp³-hybridized carbons (Fsp3) is 1.00. The maximum Gasteiger partial charge on any atom is 0.0656 e. The SMILES string of the molecule is CCON(CC)CC.CNC.CON1CCOCC1C. The lowest BCUT2D eigenvalue weighted by Crippen LogP contribution is -2.42. The van der Waals surface area contributed by atoms with Crippen molar-refractivity contribution in [2.45, 2.75) is 33.7 Å². The van der Waals surface area contributed by atoms with Crippen LogP contribution in [-0.4, -0.2) is 76.8 Å². The lowest BCUT2D eigenvalue weighted by atomic mass is 10.3. The highest BCUT2D eigenvalue weighted by molar-refractivity contribution is 4.62. The first-order chi connectivity index (χ1) is 9.60. The van der Waals surface area contributed by atoms with Crippen LogP contribution in [0.5, 0.6) is 0 Å². The summed E-state index contributed by atoms with van der Waals surface area (Å²) in [6, 6.07) is 0.406. The average molecular weight is 293 g/mol. The summed E-state index contributed by atoms with van der Waals surface area (Å²) in [5, 5.41) is 6.61. The normalized spacial score (nSPS) is 18.9. The van der Waals surface area contributed by atoms with E-state index in [1.54, 1.807) is 7.11 Å². The molecular weight excluding hydrogens is 258 g/mol. The van der Waals surface area contributed by atoms with Crippen molar-refractivity contribution in [1.82, 2.24) is 15.4 Å². The zero-order chi connectivity index (χ0) is 15.8. The third kappa shape index (κ3) is 12.8. The first-order valence-electron chi connectivity index (χ1n) is 7.45. The van der Waals surface area contributed by atoms with E-state index in [0.29, 0.717) is 6.04 Å². The number of hydroxylamine groups is 4. The Bertz CT molecular complexity index is 181. The summed E-state index contributed by atoms with van der Waals surface area (Å²) in [6.07, 6.45) is 0. The van der Waals surface area contributed by atoms with E-state index in [1.807, 2.05) is 31.1 Å². The van der Waals surface area contributed by atoms with Gasteiger partial charge in [0.1, 0.15) is 0 Å². The second-order valence-corrected chi connectivity index (χ2v) is 4.28. The van der Waals surface area contributed by atoms with Crippen molar-refractivity contribution in [3.05, 3.63) is 0 Å². The lowest BCUT2D eigenvalue weighted by Gasteiger charge is -2.30. The predicted octanol–water partition coefficient (Wildman–Crippen LogP) is 1.38. The van der Waals surface area contributed by atoms with Crippen LogP contribution in [0.2, 0.25) is 0 Å². The molecule has 0 bridgehead atoms. The Kier molecular flexibility index (Phi) is 18.5. The molecule has 6 nitrogen and oxygen atoms in total. The number of ether oxygens (including phenoxy) is 1. The third-order valence-electron chi connectivity index (χ3n) is 2.56. The van der Waals surface area contributed by atoms with Crippen molar-refractivity contribution < 1.29 is 14.4 Å². The summed E-state index contributed by atoms with van der Waals surface area (Å²) >= 11 is 0. The smallest absolute Gasteiger partial charge is 0.0656 e. The van der Waals surface area contributed by atoms with Crippen LogP contribution in [0.15, 0.2) is 0 Å². The Morgan fingerprint density at radius 3 is 2.05 bits per heavy atom. The largest absolute Gasteiger partial charge is 0.378 e. The van der Waals surface area contributed by atoms with Crippen molar-refractivity contribution in [2.75, 3.05) is 60.7 Å². The zero-order valence-electron chi connectivity index (χ0n) is 14.4. The molecule has 1 aliphatic rings. The molecule has 1 N–H and O–H groups in total. The molecule has 1 atom stereocenters. The van der Waals surface area contributed by atoms with Gasteiger partial charge in [0.05, 0.1) is 33.0 Å². The van der Waals surface area contributed by atoms with Crippen LogP contribution >= 0.6 is 0 Å². The van der Waals surface area contributed by atoms with Gasteiger partial charge in [0.2, 0.25) is 0 Å². The quantitative estimate of drug-likeness (QED) is 0.773. The van der Waals surface area contributed by atoms with Crippen molar-refractivity contribution in [1.29, 1.82) is 0 Å². The van der Waals surface area contributed by atoms with Crippen LogP contribution in [0.3, 0.4) is 0 Å². The van der Waals surface area contributed by atoms with Crippen molar-refractivity contribution in [3.63, 3.8) is 0 Å². The van der Waals surface area contributed by atoms with Crippen LogP contribution < -0.4 is 5.32 Å². The summed E-state index contributed by atoms with van der Waals surface area (Å²) in [4.78, 5) is 10.2. The van der Waals surface area contributed by atoms with Gasteiger partial charge in [-0.15, -0.1) is 0 Å². The molecule has 20 heavy (non-hydrogen) atoms. The van der Waals surface area contributed by atoms with E-state index < -0.39 is 0 Å². The average Bonchev–Trinajstić information content (AvgIpc) is 2.47. The highest BCUT2D eigenvalue weighted by Crippen LogP contribution is 2.04. The first kappa shape index (κ1) is 22.0. The maximum absolute atomic E-state index is 5.19. The number of nitrogens with one attached hydrogen (secondary N) is 1. The van der Waals surface area contributed by atoms with E-state index in [4.69, 9.17) is 14.4 Å². The number of morpholine rings is 1. The highest BCUT2D eigenvalue weighted by Gasteiger charge is 2.17. The van der Waals surface area contributed by atoms with Gasteiger partial charge in [-0.1, -0.05) is 13.8 Å². The number of nitrogens with zero attached hydrogens (tertiary/aromatic N) is 2. The van der Waals surface area contributed by atoms with E-state index in [-0.39, 0.29) is 0 Å². The molecule has 0 spiro atoms. The molecule has 0 saturated carbocycles. The van der Waals surface area contributed by atoms with E-state index in [2.05, 4.69) is 26.1 Å². The van der Waals surface area contributed by atoms with Gasteiger partial charge in [0, 0.05) is 19.6 Å². The van der Waals surface area contributed by atoms with Gasteiger partial charge in [-0.3, -0.25) is 4.84 Å². The van der Waals surface area contributed by atoms with E-state index in [0.717, 1.165) is 39.5 Å². The molecule has 6 heteroatoms. The van der Waals surface area contributed by atoms with Crippen LogP contribution in [-0.2, 0) is 14.4 Å². The fourth-order valence-electron chi connectivity index (χ4n) is 1.57. The number of rotatable bonds is 5. The van der Waals surface area contributed by atoms with Gasteiger partial charge in [-0.25, -0.2) is 0 Å². The second kappa shape index (κ2) is 16.8. The number of hydrogen-bond donors (Lipinski definition) is 1. The van der Waals surface area contributed by atoms with Gasteiger partial charge in [0.25, 0.3) is 0 Å². The van der Waals surface area contributed by atoms with E-state index in [1.165, 1.54) is 0 Å². The second-order valence-electron chi connectivity index (χ2n) is 4.28. The van der Waals surface area contributed by atoms with Crippen molar-refractivity contribution in [3.8, 4) is 0 Å². The lowest BCUT2D eigenvalue weighted by molar-refractivity contribution is -0.201. The van der Waals surface area contributed by atoms with Gasteiger partial charge in [0.15, 0.2) is 0 Å². The molecule has 0 radical (unpaired) electrons. The summed E-state index contributed by atoms with van der Waals surface area (Å²) in [5.74, 6) is 0. The van der Waals surface area contributed by atoms with Gasteiger partial charge in [-0.05, 0) is 27.9 Å². The summed E-state index contributed by atoms with van der Waals surface area (Å²) < 4.78 is 5.19. The number of hydrogen-bond acceptors (Lipinski definition) is 6. The molecule has 1 rings (SSSR count). The molecule has 0 amide bonds. The Hall–Kier alpha value is -0.240. The fourth-order valence-corrected chi connectivity index (χ4v) is 1.57. The third-order valence-corrected chi connectivity index (χ3v) is 2.56. The Morgan fingerprint density at radius 2 is 1.80 bits per heavy atom. The Morgan fingerprint density at radius 1 is 1.25 bits per heavy atom. The van der Waals surface area contributed by atoms with Crippen molar-refractivity contribution in [2.24, 2.45) is 0 Å². The molecule has 1 fully saturated rings. The molecule has 1 heterocycles. The molecule has 0 aliphatic carbocycles.